The molecular weight excluding hydrogens is 262 g/mol. The first kappa shape index (κ1) is 14.5. The molecule has 1 saturated heterocycles. The van der Waals surface area contributed by atoms with Gasteiger partial charge >= 0.3 is 0 Å². The summed E-state index contributed by atoms with van der Waals surface area (Å²) >= 11 is 0. The second-order valence-corrected chi connectivity index (χ2v) is 7.12. The van der Waals surface area contributed by atoms with E-state index in [-0.39, 0.29) is 12.4 Å². The summed E-state index contributed by atoms with van der Waals surface area (Å²) in [5.41, 5.74) is 1.57. The lowest BCUT2D eigenvalue weighted by Gasteiger charge is -2.16. The summed E-state index contributed by atoms with van der Waals surface area (Å²) in [6.45, 7) is 3.40. The van der Waals surface area contributed by atoms with Crippen molar-refractivity contribution in [3.8, 4) is 0 Å². The second-order valence-electron chi connectivity index (χ2n) is 5.15. The van der Waals surface area contributed by atoms with Crippen LogP contribution in [-0.4, -0.2) is 30.9 Å². The van der Waals surface area contributed by atoms with Crippen molar-refractivity contribution in [2.75, 3.05) is 13.1 Å². The highest BCUT2D eigenvalue weighted by molar-refractivity contribution is 7.88. The topological polar surface area (TPSA) is 57.6 Å². The molecule has 1 N–H and O–H groups in total. The lowest BCUT2D eigenvalue weighted by Crippen LogP contribution is -2.30. The average molecular weight is 283 g/mol. The molecule has 0 spiro atoms. The molecule has 0 aliphatic carbocycles. The maximum atomic E-state index is 12.3. The van der Waals surface area contributed by atoms with E-state index in [1.807, 2.05) is 0 Å². The molecule has 0 radical (unpaired) electrons. The van der Waals surface area contributed by atoms with E-state index < -0.39 is 10.0 Å². The van der Waals surface area contributed by atoms with Gasteiger partial charge in [-0.05, 0) is 23.5 Å². The molecular formula is C14H21NO3S. The number of hydrogen-bond acceptors (Lipinski definition) is 3. The Morgan fingerprint density at radius 2 is 1.89 bits per heavy atom. The summed E-state index contributed by atoms with van der Waals surface area (Å²) in [5, 5.41) is 8.96. The summed E-state index contributed by atoms with van der Waals surface area (Å²) in [4.78, 5) is 0. The molecule has 1 aliphatic rings. The molecule has 1 aliphatic heterocycles. The number of sulfonamides is 1. The van der Waals surface area contributed by atoms with Gasteiger partial charge in [-0.1, -0.05) is 37.6 Å². The van der Waals surface area contributed by atoms with E-state index in [2.05, 4.69) is 6.92 Å². The minimum Gasteiger partial charge on any atom is -0.392 e. The van der Waals surface area contributed by atoms with Crippen molar-refractivity contribution in [1.82, 2.24) is 4.31 Å². The van der Waals surface area contributed by atoms with Gasteiger partial charge in [0, 0.05) is 13.1 Å². The predicted octanol–water partition coefficient (Wildman–Crippen LogP) is 1.74. The monoisotopic (exact) mass is 283 g/mol. The Hall–Kier alpha value is -0.910. The smallest absolute Gasteiger partial charge is 0.218 e. The number of hydrogen-bond donors (Lipinski definition) is 1. The van der Waals surface area contributed by atoms with Crippen molar-refractivity contribution in [2.24, 2.45) is 5.92 Å². The Kier molecular flexibility index (Phi) is 4.60. The zero-order valence-electron chi connectivity index (χ0n) is 11.2. The fourth-order valence-electron chi connectivity index (χ4n) is 2.43. The minimum atomic E-state index is -3.20. The van der Waals surface area contributed by atoms with Crippen LogP contribution in [0.3, 0.4) is 0 Å². The van der Waals surface area contributed by atoms with E-state index in [0.717, 1.165) is 24.0 Å². The molecule has 2 rings (SSSR count). The maximum absolute atomic E-state index is 12.3. The summed E-state index contributed by atoms with van der Waals surface area (Å²) in [7, 11) is -3.20. The van der Waals surface area contributed by atoms with E-state index in [4.69, 9.17) is 5.11 Å². The van der Waals surface area contributed by atoms with Gasteiger partial charge in [-0.2, -0.15) is 0 Å². The van der Waals surface area contributed by atoms with Crippen LogP contribution in [0.1, 0.15) is 30.9 Å². The lowest BCUT2D eigenvalue weighted by molar-refractivity contribution is 0.282. The van der Waals surface area contributed by atoms with Crippen molar-refractivity contribution in [3.63, 3.8) is 0 Å². The molecule has 0 bridgehead atoms. The van der Waals surface area contributed by atoms with E-state index in [1.54, 1.807) is 28.6 Å². The van der Waals surface area contributed by atoms with Gasteiger partial charge in [0.2, 0.25) is 10.0 Å². The van der Waals surface area contributed by atoms with E-state index in [0.29, 0.717) is 19.0 Å². The predicted molar refractivity (Wildman–Crippen MR) is 75.0 cm³/mol. The Labute approximate surface area is 115 Å². The maximum Gasteiger partial charge on any atom is 0.218 e. The van der Waals surface area contributed by atoms with Gasteiger partial charge in [0.15, 0.2) is 0 Å². The van der Waals surface area contributed by atoms with Crippen molar-refractivity contribution in [1.29, 1.82) is 0 Å². The van der Waals surface area contributed by atoms with Gasteiger partial charge in [-0.15, -0.1) is 0 Å². The third kappa shape index (κ3) is 3.55. The molecule has 19 heavy (non-hydrogen) atoms. The summed E-state index contributed by atoms with van der Waals surface area (Å²) in [6, 6.07) is 7.08. The van der Waals surface area contributed by atoms with Crippen LogP contribution in [0.5, 0.6) is 0 Å². The molecule has 1 aromatic rings. The Balaban J connectivity index is 2.04. The standard InChI is InChI=1S/C14H21NO3S/c1-2-12-7-8-15(9-12)19(17,18)11-14-5-3-13(10-16)4-6-14/h3-6,12,16H,2,7-11H2,1H3. The van der Waals surface area contributed by atoms with E-state index >= 15 is 0 Å². The summed E-state index contributed by atoms with van der Waals surface area (Å²) < 4.78 is 26.2. The fraction of sp³-hybridized carbons (Fsp3) is 0.571. The molecule has 106 valence electrons. The number of aliphatic hydroxyl groups is 1. The van der Waals surface area contributed by atoms with Crippen molar-refractivity contribution in [2.45, 2.75) is 32.1 Å². The molecule has 1 unspecified atom stereocenters. The van der Waals surface area contributed by atoms with Gasteiger partial charge < -0.3 is 5.11 Å². The highest BCUT2D eigenvalue weighted by Gasteiger charge is 2.30. The first-order chi connectivity index (χ1) is 9.05. The van der Waals surface area contributed by atoms with Crippen LogP contribution in [-0.2, 0) is 22.4 Å². The van der Waals surface area contributed by atoms with Crippen LogP contribution in [0.4, 0.5) is 0 Å². The van der Waals surface area contributed by atoms with Crippen LogP contribution in [0, 0.1) is 5.92 Å². The third-order valence-corrected chi connectivity index (χ3v) is 5.59. The molecule has 1 atom stereocenters. The molecule has 0 saturated carbocycles. The quantitative estimate of drug-likeness (QED) is 0.895. The van der Waals surface area contributed by atoms with Crippen LogP contribution in [0.15, 0.2) is 24.3 Å². The highest BCUT2D eigenvalue weighted by atomic mass is 32.2. The van der Waals surface area contributed by atoms with Crippen LogP contribution in [0.25, 0.3) is 0 Å². The average Bonchev–Trinajstić information content (AvgIpc) is 2.89. The van der Waals surface area contributed by atoms with Crippen LogP contribution >= 0.6 is 0 Å². The number of rotatable bonds is 5. The Bertz CT molecular complexity index is 510. The SMILES string of the molecule is CCC1CCN(S(=O)(=O)Cc2ccc(CO)cc2)C1. The van der Waals surface area contributed by atoms with Crippen molar-refractivity contribution >= 4 is 10.0 Å². The van der Waals surface area contributed by atoms with Gasteiger partial charge in [-0.25, -0.2) is 12.7 Å². The molecule has 4 nitrogen and oxygen atoms in total. The molecule has 1 aromatic carbocycles. The largest absolute Gasteiger partial charge is 0.392 e. The number of aliphatic hydroxyl groups excluding tert-OH is 1. The lowest BCUT2D eigenvalue weighted by atomic mass is 10.1. The zero-order chi connectivity index (χ0) is 13.9. The highest BCUT2D eigenvalue weighted by Crippen LogP contribution is 2.23. The minimum absolute atomic E-state index is 0.0165. The summed E-state index contributed by atoms with van der Waals surface area (Å²) in [6.07, 6.45) is 2.01. The third-order valence-electron chi connectivity index (χ3n) is 3.77. The van der Waals surface area contributed by atoms with Crippen LogP contribution in [0.2, 0.25) is 0 Å². The van der Waals surface area contributed by atoms with Gasteiger partial charge in [0.25, 0.3) is 0 Å². The van der Waals surface area contributed by atoms with Crippen molar-refractivity contribution < 1.29 is 13.5 Å². The molecule has 0 amide bonds. The zero-order valence-corrected chi connectivity index (χ0v) is 12.1. The van der Waals surface area contributed by atoms with Gasteiger partial charge in [0.1, 0.15) is 0 Å². The Morgan fingerprint density at radius 1 is 1.26 bits per heavy atom. The first-order valence-electron chi connectivity index (χ1n) is 6.71. The van der Waals surface area contributed by atoms with Crippen LogP contribution < -0.4 is 0 Å². The normalized spacial score (nSPS) is 20.8. The number of benzene rings is 1. The Morgan fingerprint density at radius 3 is 2.42 bits per heavy atom. The molecule has 0 aromatic heterocycles. The second kappa shape index (κ2) is 6.03. The molecule has 1 heterocycles. The fourth-order valence-corrected chi connectivity index (χ4v) is 4.04. The summed E-state index contributed by atoms with van der Waals surface area (Å²) in [5.74, 6) is 0.557. The van der Waals surface area contributed by atoms with Gasteiger partial charge in [0.05, 0.1) is 12.4 Å². The van der Waals surface area contributed by atoms with E-state index in [9.17, 15) is 8.42 Å². The van der Waals surface area contributed by atoms with Gasteiger partial charge in [-0.3, -0.25) is 0 Å². The van der Waals surface area contributed by atoms with E-state index in [1.165, 1.54) is 0 Å². The first-order valence-corrected chi connectivity index (χ1v) is 8.32. The molecule has 1 fully saturated rings. The number of nitrogens with zero attached hydrogens (tertiary/aromatic N) is 1. The van der Waals surface area contributed by atoms with Crippen molar-refractivity contribution in [3.05, 3.63) is 35.4 Å². The molecule has 5 heteroatoms.